The Labute approximate surface area is 147 Å². The minimum Gasteiger partial charge on any atom is -0.507 e. The van der Waals surface area contributed by atoms with Gasteiger partial charge in [-0.15, -0.1) is 0 Å². The fourth-order valence-corrected chi connectivity index (χ4v) is 2.23. The Morgan fingerprint density at radius 3 is 2.87 bits per heavy atom. The second kappa shape index (κ2) is 7.99. The van der Waals surface area contributed by atoms with Gasteiger partial charge in [0.1, 0.15) is 11.5 Å². The van der Waals surface area contributed by atoms with Crippen LogP contribution in [0.4, 0.5) is 0 Å². The molecule has 0 saturated carbocycles. The number of nitrogens with zero attached hydrogens (tertiary/aromatic N) is 1. The number of phenols is 1. The number of carbonyl (C=O) groups excluding carboxylic acids is 1. The number of carbonyl (C=O) groups is 1. The van der Waals surface area contributed by atoms with E-state index in [4.69, 9.17) is 16.3 Å². The molecule has 0 saturated heterocycles. The summed E-state index contributed by atoms with van der Waals surface area (Å²) in [5.74, 6) is 0.162. The third kappa shape index (κ3) is 4.97. The lowest BCUT2D eigenvalue weighted by Gasteiger charge is -2.13. The molecule has 0 fully saturated rings. The molecular formula is C16H14BrClN2O3. The predicted molar refractivity (Wildman–Crippen MR) is 93.1 cm³/mol. The van der Waals surface area contributed by atoms with Crippen molar-refractivity contribution < 1.29 is 14.6 Å². The largest absolute Gasteiger partial charge is 0.507 e. The molecule has 0 bridgehead atoms. The maximum Gasteiger partial charge on any atom is 0.280 e. The van der Waals surface area contributed by atoms with Crippen LogP contribution in [0, 0.1) is 0 Å². The lowest BCUT2D eigenvalue weighted by molar-refractivity contribution is -0.127. The zero-order chi connectivity index (χ0) is 16.8. The molecule has 7 heteroatoms. The van der Waals surface area contributed by atoms with Gasteiger partial charge in [0.2, 0.25) is 0 Å². The maximum atomic E-state index is 11.9. The molecule has 120 valence electrons. The summed E-state index contributed by atoms with van der Waals surface area (Å²) in [5, 5.41) is 13.9. The number of phenolic OH excluding ortho intramolecular Hbond substituents is 1. The third-order valence-corrected chi connectivity index (χ3v) is 3.77. The molecule has 0 heterocycles. The average molecular weight is 398 g/mol. The molecule has 2 aromatic carbocycles. The highest BCUT2D eigenvalue weighted by molar-refractivity contribution is 9.10. The zero-order valence-electron chi connectivity index (χ0n) is 12.2. The lowest BCUT2D eigenvalue weighted by atomic mass is 10.2. The molecule has 5 nitrogen and oxygen atoms in total. The van der Waals surface area contributed by atoms with E-state index in [9.17, 15) is 9.90 Å². The fraction of sp³-hybridized carbons (Fsp3) is 0.125. The summed E-state index contributed by atoms with van der Waals surface area (Å²) in [4.78, 5) is 11.9. The van der Waals surface area contributed by atoms with Gasteiger partial charge < -0.3 is 9.84 Å². The van der Waals surface area contributed by atoms with Crippen LogP contribution in [0.25, 0.3) is 0 Å². The Morgan fingerprint density at radius 2 is 2.13 bits per heavy atom. The van der Waals surface area contributed by atoms with E-state index in [1.54, 1.807) is 19.1 Å². The lowest BCUT2D eigenvalue weighted by Crippen LogP contribution is -2.33. The molecule has 1 unspecified atom stereocenters. The van der Waals surface area contributed by atoms with Crippen LogP contribution in [0.15, 0.2) is 52.0 Å². The standard InChI is InChI=1S/C16H14BrClN2O3/c1-10(23-15-5-3-2-4-13(15)17)16(22)20-19-9-11-8-12(18)6-7-14(11)21/h2-10,21H,1H3,(H,20,22)/b19-9+. The van der Waals surface area contributed by atoms with Gasteiger partial charge in [0.15, 0.2) is 6.10 Å². The summed E-state index contributed by atoms with van der Waals surface area (Å²) in [5.41, 5.74) is 2.75. The van der Waals surface area contributed by atoms with E-state index < -0.39 is 12.0 Å². The van der Waals surface area contributed by atoms with Gasteiger partial charge in [0.05, 0.1) is 10.7 Å². The number of hydrogen-bond donors (Lipinski definition) is 2. The monoisotopic (exact) mass is 396 g/mol. The molecule has 0 aliphatic carbocycles. The number of amides is 1. The predicted octanol–water partition coefficient (Wildman–Crippen LogP) is 3.73. The van der Waals surface area contributed by atoms with Crippen LogP contribution < -0.4 is 10.2 Å². The van der Waals surface area contributed by atoms with E-state index in [0.717, 1.165) is 4.47 Å². The van der Waals surface area contributed by atoms with E-state index in [1.165, 1.54) is 18.3 Å². The van der Waals surface area contributed by atoms with Crippen molar-refractivity contribution in [3.63, 3.8) is 0 Å². The van der Waals surface area contributed by atoms with E-state index in [0.29, 0.717) is 16.3 Å². The van der Waals surface area contributed by atoms with Gasteiger partial charge in [-0.1, -0.05) is 23.7 Å². The van der Waals surface area contributed by atoms with E-state index in [2.05, 4.69) is 26.5 Å². The van der Waals surface area contributed by atoms with Crippen molar-refractivity contribution in [3.8, 4) is 11.5 Å². The van der Waals surface area contributed by atoms with Crippen molar-refractivity contribution in [1.82, 2.24) is 5.43 Å². The van der Waals surface area contributed by atoms with Crippen LogP contribution in [0.3, 0.4) is 0 Å². The average Bonchev–Trinajstić information content (AvgIpc) is 2.52. The molecule has 0 aromatic heterocycles. The first-order valence-electron chi connectivity index (χ1n) is 6.70. The molecule has 1 amide bonds. The Morgan fingerprint density at radius 1 is 1.39 bits per heavy atom. The highest BCUT2D eigenvalue weighted by atomic mass is 79.9. The van der Waals surface area contributed by atoms with Crippen LogP contribution in [0.2, 0.25) is 5.02 Å². The normalized spacial score (nSPS) is 12.1. The first-order chi connectivity index (χ1) is 11.0. The second-order valence-electron chi connectivity index (χ2n) is 4.63. The quantitative estimate of drug-likeness (QED) is 0.596. The highest BCUT2D eigenvalue weighted by Crippen LogP contribution is 2.24. The van der Waals surface area contributed by atoms with Gasteiger partial charge in [-0.05, 0) is 53.2 Å². The van der Waals surface area contributed by atoms with Gasteiger partial charge in [0, 0.05) is 10.6 Å². The van der Waals surface area contributed by atoms with Gasteiger partial charge in [-0.2, -0.15) is 5.10 Å². The molecule has 23 heavy (non-hydrogen) atoms. The number of halogens is 2. The summed E-state index contributed by atoms with van der Waals surface area (Å²) in [6, 6.07) is 11.8. The molecule has 2 rings (SSSR count). The summed E-state index contributed by atoms with van der Waals surface area (Å²) in [7, 11) is 0. The number of hydrogen-bond acceptors (Lipinski definition) is 4. The van der Waals surface area contributed by atoms with Gasteiger partial charge in [0.25, 0.3) is 5.91 Å². The zero-order valence-corrected chi connectivity index (χ0v) is 14.5. The molecule has 0 radical (unpaired) electrons. The highest BCUT2D eigenvalue weighted by Gasteiger charge is 2.15. The van der Waals surface area contributed by atoms with Crippen molar-refractivity contribution >= 4 is 39.7 Å². The minimum atomic E-state index is -0.737. The van der Waals surface area contributed by atoms with Gasteiger partial charge >= 0.3 is 0 Å². The van der Waals surface area contributed by atoms with Crippen molar-refractivity contribution in [2.45, 2.75) is 13.0 Å². The van der Waals surface area contributed by atoms with E-state index in [1.807, 2.05) is 18.2 Å². The summed E-state index contributed by atoms with van der Waals surface area (Å²) in [6.07, 6.45) is 0.573. The van der Waals surface area contributed by atoms with Gasteiger partial charge in [-0.25, -0.2) is 5.43 Å². The molecule has 0 spiro atoms. The molecule has 2 N–H and O–H groups in total. The number of ether oxygens (including phenoxy) is 1. The maximum absolute atomic E-state index is 11.9. The second-order valence-corrected chi connectivity index (χ2v) is 5.92. The first-order valence-corrected chi connectivity index (χ1v) is 7.87. The third-order valence-electron chi connectivity index (χ3n) is 2.88. The molecule has 1 atom stereocenters. The van der Waals surface area contributed by atoms with Crippen molar-refractivity contribution in [2.24, 2.45) is 5.10 Å². The Kier molecular flexibility index (Phi) is 6.01. The van der Waals surface area contributed by atoms with Crippen molar-refractivity contribution in [2.75, 3.05) is 0 Å². The van der Waals surface area contributed by atoms with Crippen LogP contribution in [-0.4, -0.2) is 23.3 Å². The molecule has 2 aromatic rings. The molecular weight excluding hydrogens is 384 g/mol. The number of nitrogens with one attached hydrogen (secondary N) is 1. The fourth-order valence-electron chi connectivity index (χ4n) is 1.67. The van der Waals surface area contributed by atoms with Gasteiger partial charge in [-0.3, -0.25) is 4.79 Å². The van der Waals surface area contributed by atoms with Crippen LogP contribution >= 0.6 is 27.5 Å². The Hall–Kier alpha value is -2.05. The Bertz CT molecular complexity index is 737. The van der Waals surface area contributed by atoms with Crippen molar-refractivity contribution in [3.05, 3.63) is 57.5 Å². The Balaban J connectivity index is 1.95. The summed E-state index contributed by atoms with van der Waals surface area (Å²) in [6.45, 7) is 1.61. The minimum absolute atomic E-state index is 0.0184. The van der Waals surface area contributed by atoms with Crippen LogP contribution in [-0.2, 0) is 4.79 Å². The van der Waals surface area contributed by atoms with Crippen LogP contribution in [0.1, 0.15) is 12.5 Å². The number of rotatable bonds is 5. The first kappa shape index (κ1) is 17.3. The van der Waals surface area contributed by atoms with Crippen molar-refractivity contribution in [1.29, 1.82) is 0 Å². The van der Waals surface area contributed by atoms with E-state index in [-0.39, 0.29) is 5.75 Å². The number of benzene rings is 2. The summed E-state index contributed by atoms with van der Waals surface area (Å²) >= 11 is 9.17. The molecule has 0 aliphatic heterocycles. The number of para-hydroxylation sites is 1. The van der Waals surface area contributed by atoms with E-state index >= 15 is 0 Å². The molecule has 0 aliphatic rings. The smallest absolute Gasteiger partial charge is 0.280 e. The number of hydrazone groups is 1. The van der Waals surface area contributed by atoms with Crippen LogP contribution in [0.5, 0.6) is 11.5 Å². The topological polar surface area (TPSA) is 70.9 Å². The SMILES string of the molecule is CC(Oc1ccccc1Br)C(=O)N/N=C/c1cc(Cl)ccc1O. The number of aromatic hydroxyl groups is 1. The summed E-state index contributed by atoms with van der Waals surface area (Å²) < 4.78 is 6.31.